The molecule has 160 valence electrons. The molecule has 0 spiro atoms. The average Bonchev–Trinajstić information content (AvgIpc) is 2.59. The highest BCUT2D eigenvalue weighted by molar-refractivity contribution is 5.96. The van der Waals surface area contributed by atoms with Gasteiger partial charge in [0.25, 0.3) is 0 Å². The Morgan fingerprint density at radius 2 is 1.97 bits per heavy atom. The van der Waals surface area contributed by atoms with Crippen LogP contribution < -0.4 is 16.4 Å². The molecule has 2 fully saturated rings. The van der Waals surface area contributed by atoms with Crippen molar-refractivity contribution < 1.29 is 9.90 Å². The molecule has 2 aliphatic rings. The molecular formula is C23H36N4O2. The lowest BCUT2D eigenvalue weighted by atomic mass is 9.59. The minimum Gasteiger partial charge on any atom is -0.390 e. The van der Waals surface area contributed by atoms with E-state index in [0.29, 0.717) is 24.1 Å². The summed E-state index contributed by atoms with van der Waals surface area (Å²) in [6, 6.07) is 5.56. The number of nitrogens with two attached hydrogens (primary N) is 1. The fourth-order valence-electron chi connectivity index (χ4n) is 5.31. The van der Waals surface area contributed by atoms with Gasteiger partial charge in [-0.3, -0.25) is 4.79 Å². The van der Waals surface area contributed by atoms with Gasteiger partial charge in [-0.25, -0.2) is 4.99 Å². The molecule has 3 rings (SSSR count). The largest absolute Gasteiger partial charge is 0.390 e. The number of carbonyl (C=O) groups is 1. The summed E-state index contributed by atoms with van der Waals surface area (Å²) in [6.45, 7) is 8.32. The Hall–Kier alpha value is -2.08. The summed E-state index contributed by atoms with van der Waals surface area (Å²) < 4.78 is 0. The fraction of sp³-hybridized carbons (Fsp3) is 0.652. The van der Waals surface area contributed by atoms with Gasteiger partial charge in [0.15, 0.2) is 0 Å². The fourth-order valence-corrected chi connectivity index (χ4v) is 5.31. The van der Waals surface area contributed by atoms with Gasteiger partial charge in [0.05, 0.1) is 23.3 Å². The molecule has 1 amide bonds. The van der Waals surface area contributed by atoms with E-state index in [4.69, 9.17) is 5.73 Å². The normalized spacial score (nSPS) is 29.6. The van der Waals surface area contributed by atoms with Gasteiger partial charge in [0.2, 0.25) is 5.91 Å². The highest BCUT2D eigenvalue weighted by Crippen LogP contribution is 2.50. The van der Waals surface area contributed by atoms with E-state index in [2.05, 4.69) is 29.5 Å². The lowest BCUT2D eigenvalue weighted by molar-refractivity contribution is -0.129. The summed E-state index contributed by atoms with van der Waals surface area (Å²) in [7, 11) is 0. The molecule has 0 saturated heterocycles. The third-order valence-corrected chi connectivity index (χ3v) is 6.35. The molecule has 0 radical (unpaired) electrons. The zero-order valence-electron chi connectivity index (χ0n) is 18.2. The molecule has 6 heteroatoms. The zero-order chi connectivity index (χ0) is 21.2. The Morgan fingerprint density at radius 3 is 2.55 bits per heavy atom. The summed E-state index contributed by atoms with van der Waals surface area (Å²) >= 11 is 0. The number of nitrogens with one attached hydrogen (secondary N) is 2. The number of rotatable bonds is 6. The maximum atomic E-state index is 13.2. The van der Waals surface area contributed by atoms with Crippen LogP contribution in [0.15, 0.2) is 23.2 Å². The molecule has 5 N–H and O–H groups in total. The van der Waals surface area contributed by atoms with Crippen molar-refractivity contribution in [3.63, 3.8) is 0 Å². The maximum absolute atomic E-state index is 13.2. The lowest BCUT2D eigenvalue weighted by Crippen LogP contribution is -2.43. The van der Waals surface area contributed by atoms with Crippen molar-refractivity contribution in [3.05, 3.63) is 18.2 Å². The van der Waals surface area contributed by atoms with Gasteiger partial charge in [0, 0.05) is 17.6 Å². The molecular weight excluding hydrogens is 364 g/mol. The van der Waals surface area contributed by atoms with Gasteiger partial charge >= 0.3 is 0 Å². The van der Waals surface area contributed by atoms with Crippen LogP contribution in [0.4, 0.5) is 17.1 Å². The number of benzene rings is 1. The monoisotopic (exact) mass is 400 g/mol. The molecule has 0 aliphatic heterocycles. The Bertz CT molecular complexity index is 751. The molecule has 29 heavy (non-hydrogen) atoms. The van der Waals surface area contributed by atoms with E-state index < -0.39 is 5.60 Å². The van der Waals surface area contributed by atoms with Gasteiger partial charge in [-0.1, -0.05) is 13.8 Å². The van der Waals surface area contributed by atoms with Crippen molar-refractivity contribution in [3.8, 4) is 0 Å². The van der Waals surface area contributed by atoms with Crippen LogP contribution in [0.3, 0.4) is 0 Å². The Labute approximate surface area is 174 Å². The standard InChI is InChI=1S/C23H36N4O2/c1-15-7-16-9-17(8-15)12-23(4,11-16)21(28)27-18-5-6-19(20(10-18)26-14-24)25-13-22(2,3)29/h5-6,10,14-17,25,29H,7-9,11-13H2,1-4H3,(H2,24,26)(H,27,28). The van der Waals surface area contributed by atoms with Crippen molar-refractivity contribution in [2.75, 3.05) is 17.2 Å². The molecule has 2 atom stereocenters. The van der Waals surface area contributed by atoms with E-state index in [-0.39, 0.29) is 11.3 Å². The summed E-state index contributed by atoms with van der Waals surface area (Å²) in [5.74, 6) is 2.21. The van der Waals surface area contributed by atoms with Crippen LogP contribution in [0.2, 0.25) is 0 Å². The first-order valence-electron chi connectivity index (χ1n) is 10.7. The summed E-state index contributed by atoms with van der Waals surface area (Å²) in [5.41, 5.74) is 6.46. The van der Waals surface area contributed by atoms with Crippen molar-refractivity contribution >= 4 is 29.3 Å². The van der Waals surface area contributed by atoms with Gasteiger partial charge in [0.1, 0.15) is 0 Å². The van der Waals surface area contributed by atoms with Crippen LogP contribution in [0.25, 0.3) is 0 Å². The van der Waals surface area contributed by atoms with Crippen molar-refractivity contribution in [2.45, 2.75) is 65.4 Å². The predicted molar refractivity (Wildman–Crippen MR) is 120 cm³/mol. The number of hydrogen-bond donors (Lipinski definition) is 4. The molecule has 2 aliphatic carbocycles. The second-order valence-electron chi connectivity index (χ2n) is 10.1. The van der Waals surface area contributed by atoms with Crippen LogP contribution in [-0.2, 0) is 4.79 Å². The number of anilines is 2. The van der Waals surface area contributed by atoms with E-state index in [1.54, 1.807) is 13.8 Å². The molecule has 1 aromatic rings. The highest BCUT2D eigenvalue weighted by Gasteiger charge is 2.45. The number of hydrogen-bond acceptors (Lipinski definition) is 4. The van der Waals surface area contributed by atoms with Gasteiger partial charge < -0.3 is 21.5 Å². The first kappa shape index (κ1) is 21.6. The van der Waals surface area contributed by atoms with Gasteiger partial charge in [-0.2, -0.15) is 0 Å². The first-order chi connectivity index (χ1) is 13.6. The second kappa shape index (κ2) is 8.34. The third-order valence-electron chi connectivity index (χ3n) is 6.35. The first-order valence-corrected chi connectivity index (χ1v) is 10.7. The van der Waals surface area contributed by atoms with Crippen LogP contribution >= 0.6 is 0 Å². The van der Waals surface area contributed by atoms with Crippen LogP contribution in [-0.4, -0.2) is 29.5 Å². The van der Waals surface area contributed by atoms with Crippen LogP contribution in [0.5, 0.6) is 0 Å². The molecule has 2 bridgehead atoms. The second-order valence-corrected chi connectivity index (χ2v) is 10.1. The molecule has 0 heterocycles. The Morgan fingerprint density at radius 1 is 1.31 bits per heavy atom. The average molecular weight is 401 g/mol. The number of nitrogens with zero attached hydrogens (tertiary/aromatic N) is 1. The molecule has 2 unspecified atom stereocenters. The van der Waals surface area contributed by atoms with E-state index in [9.17, 15) is 9.90 Å². The Kier molecular flexibility index (Phi) is 6.22. The van der Waals surface area contributed by atoms with Crippen LogP contribution in [0.1, 0.15) is 59.8 Å². The van der Waals surface area contributed by atoms with E-state index in [1.165, 1.54) is 25.6 Å². The van der Waals surface area contributed by atoms with Crippen LogP contribution in [0, 0.1) is 23.2 Å². The van der Waals surface area contributed by atoms with Gasteiger partial charge in [-0.15, -0.1) is 0 Å². The third kappa shape index (κ3) is 5.50. The molecule has 6 nitrogen and oxygen atoms in total. The molecule has 0 aromatic heterocycles. The maximum Gasteiger partial charge on any atom is 0.230 e. The lowest BCUT2D eigenvalue weighted by Gasteiger charge is -2.46. The van der Waals surface area contributed by atoms with Crippen molar-refractivity contribution in [2.24, 2.45) is 33.9 Å². The quantitative estimate of drug-likeness (QED) is 0.423. The molecule has 1 aromatic carbocycles. The molecule has 2 saturated carbocycles. The number of fused-ring (bicyclic) bond motifs is 2. The van der Waals surface area contributed by atoms with E-state index in [1.807, 2.05) is 18.2 Å². The predicted octanol–water partition coefficient (Wildman–Crippen LogP) is 4.28. The topological polar surface area (TPSA) is 99.7 Å². The van der Waals surface area contributed by atoms with E-state index in [0.717, 1.165) is 30.1 Å². The van der Waals surface area contributed by atoms with E-state index >= 15 is 0 Å². The minimum atomic E-state index is -0.846. The smallest absolute Gasteiger partial charge is 0.230 e. The summed E-state index contributed by atoms with van der Waals surface area (Å²) in [6.07, 6.45) is 6.95. The number of aliphatic hydroxyl groups is 1. The minimum absolute atomic E-state index is 0.0987. The van der Waals surface area contributed by atoms with Crippen molar-refractivity contribution in [1.82, 2.24) is 0 Å². The summed E-state index contributed by atoms with van der Waals surface area (Å²) in [5, 5.41) is 16.3. The number of amides is 1. The van der Waals surface area contributed by atoms with Gasteiger partial charge in [-0.05, 0) is 81.9 Å². The summed E-state index contributed by atoms with van der Waals surface area (Å²) in [4.78, 5) is 17.4. The zero-order valence-corrected chi connectivity index (χ0v) is 18.2. The Balaban J connectivity index is 1.72. The SMILES string of the molecule is CC1CC2CC(C1)CC(C)(C(=O)Nc1ccc(NCC(C)(C)O)c(N=CN)c1)C2. The number of aliphatic imine (C=N–C) groups is 1. The van der Waals surface area contributed by atoms with Crippen molar-refractivity contribution in [1.29, 1.82) is 0 Å². The number of carbonyl (C=O) groups excluding carboxylic acids is 1. The highest BCUT2D eigenvalue weighted by atomic mass is 16.3.